The number of hydrogen-bond acceptors (Lipinski definition) is 5. The van der Waals surface area contributed by atoms with Crippen molar-refractivity contribution in [3.63, 3.8) is 0 Å². The molecular formula is C22H29N3O2S. The molecule has 0 saturated heterocycles. The number of thioether (sulfide) groups is 1. The van der Waals surface area contributed by atoms with Gasteiger partial charge in [-0.05, 0) is 61.8 Å². The number of amides is 1. The molecular weight excluding hydrogens is 370 g/mol. The molecule has 1 aliphatic carbocycles. The van der Waals surface area contributed by atoms with Crippen molar-refractivity contribution >= 4 is 23.5 Å². The van der Waals surface area contributed by atoms with Crippen LogP contribution in [0.15, 0.2) is 36.5 Å². The molecule has 1 aromatic carbocycles. The van der Waals surface area contributed by atoms with Crippen molar-refractivity contribution in [3.05, 3.63) is 53.2 Å². The number of aromatic nitrogens is 1. The predicted molar refractivity (Wildman–Crippen MR) is 117 cm³/mol. The summed E-state index contributed by atoms with van der Waals surface area (Å²) in [5, 5.41) is 7.05. The number of benzene rings is 1. The van der Waals surface area contributed by atoms with Gasteiger partial charge in [-0.25, -0.2) is 4.98 Å². The highest BCUT2D eigenvalue weighted by atomic mass is 32.2. The lowest BCUT2D eigenvalue weighted by atomic mass is 10.1. The summed E-state index contributed by atoms with van der Waals surface area (Å²) >= 11 is 1.84. The minimum absolute atomic E-state index is 0.0400. The van der Waals surface area contributed by atoms with Gasteiger partial charge in [0.15, 0.2) is 0 Å². The van der Waals surface area contributed by atoms with Gasteiger partial charge in [0, 0.05) is 24.0 Å². The molecule has 1 fully saturated rings. The van der Waals surface area contributed by atoms with Crippen molar-refractivity contribution in [2.24, 2.45) is 0 Å². The predicted octanol–water partition coefficient (Wildman–Crippen LogP) is 4.07. The molecule has 1 amide bonds. The number of methoxy groups -OCH3 is 1. The van der Waals surface area contributed by atoms with E-state index in [4.69, 9.17) is 4.74 Å². The molecule has 0 unspecified atom stereocenters. The van der Waals surface area contributed by atoms with Gasteiger partial charge in [-0.15, -0.1) is 0 Å². The number of nitrogens with one attached hydrogen (secondary N) is 2. The van der Waals surface area contributed by atoms with Crippen LogP contribution in [-0.4, -0.2) is 42.1 Å². The van der Waals surface area contributed by atoms with E-state index in [-0.39, 0.29) is 11.9 Å². The summed E-state index contributed by atoms with van der Waals surface area (Å²) in [6.45, 7) is 2.75. The molecule has 2 N–H and O–H groups in total. The molecule has 150 valence electrons. The quantitative estimate of drug-likeness (QED) is 0.701. The highest BCUT2D eigenvalue weighted by molar-refractivity contribution is 7.99. The SMILES string of the molecule is COc1ccc(CCNc2ncccc2C(=O)N[C@@H]2CCC[C@H]2SC)cc1C. The highest BCUT2D eigenvalue weighted by Gasteiger charge is 2.28. The first-order valence-electron chi connectivity index (χ1n) is 9.78. The molecule has 28 heavy (non-hydrogen) atoms. The van der Waals surface area contributed by atoms with Crippen LogP contribution in [0.25, 0.3) is 0 Å². The van der Waals surface area contributed by atoms with Gasteiger partial charge in [0.05, 0.1) is 12.7 Å². The summed E-state index contributed by atoms with van der Waals surface area (Å²) in [6.07, 6.45) is 8.09. The van der Waals surface area contributed by atoms with Crippen molar-refractivity contribution in [1.29, 1.82) is 0 Å². The number of anilines is 1. The van der Waals surface area contributed by atoms with Crippen LogP contribution in [0.4, 0.5) is 5.82 Å². The number of nitrogens with zero attached hydrogens (tertiary/aromatic N) is 1. The summed E-state index contributed by atoms with van der Waals surface area (Å²) in [5.74, 6) is 1.50. The Morgan fingerprint density at radius 2 is 2.18 bits per heavy atom. The fraction of sp³-hybridized carbons (Fsp3) is 0.455. The molecule has 5 nitrogen and oxygen atoms in total. The maximum absolute atomic E-state index is 12.8. The standard InChI is InChI=1S/C22H29N3O2S/c1-15-14-16(9-10-19(15)27-2)11-13-24-21-17(6-5-12-23-21)22(26)25-18-7-4-8-20(18)28-3/h5-6,9-10,12,14,18,20H,4,7-8,11,13H2,1-3H3,(H,23,24)(H,25,26)/t18-,20-/m1/s1. The second-order valence-electron chi connectivity index (χ2n) is 7.17. The normalized spacial score (nSPS) is 18.7. The third kappa shape index (κ3) is 4.98. The van der Waals surface area contributed by atoms with Crippen LogP contribution in [0.3, 0.4) is 0 Å². The van der Waals surface area contributed by atoms with Gasteiger partial charge in [0.2, 0.25) is 0 Å². The number of rotatable bonds is 8. The monoisotopic (exact) mass is 399 g/mol. The summed E-state index contributed by atoms with van der Waals surface area (Å²) in [5.41, 5.74) is 2.96. The van der Waals surface area contributed by atoms with E-state index >= 15 is 0 Å². The molecule has 1 aromatic heterocycles. The van der Waals surface area contributed by atoms with E-state index in [0.717, 1.165) is 24.2 Å². The molecule has 1 saturated carbocycles. The molecule has 0 bridgehead atoms. The van der Waals surface area contributed by atoms with Crippen LogP contribution in [-0.2, 0) is 6.42 Å². The van der Waals surface area contributed by atoms with Crippen LogP contribution in [0.5, 0.6) is 5.75 Å². The first-order chi connectivity index (χ1) is 13.6. The van der Waals surface area contributed by atoms with Crippen molar-refractivity contribution in [1.82, 2.24) is 10.3 Å². The molecule has 0 aliphatic heterocycles. The van der Waals surface area contributed by atoms with Gasteiger partial charge < -0.3 is 15.4 Å². The van der Waals surface area contributed by atoms with Crippen molar-refractivity contribution in [2.45, 2.75) is 43.9 Å². The Morgan fingerprint density at radius 3 is 2.93 bits per heavy atom. The molecule has 6 heteroatoms. The number of ether oxygens (including phenoxy) is 1. The van der Waals surface area contributed by atoms with E-state index in [2.05, 4.69) is 34.0 Å². The third-order valence-electron chi connectivity index (χ3n) is 5.29. The second-order valence-corrected chi connectivity index (χ2v) is 8.24. The summed E-state index contributed by atoms with van der Waals surface area (Å²) < 4.78 is 5.31. The number of carbonyl (C=O) groups is 1. The third-order valence-corrected chi connectivity index (χ3v) is 6.46. The Labute approximate surface area is 171 Å². The summed E-state index contributed by atoms with van der Waals surface area (Å²) in [4.78, 5) is 17.2. The molecule has 0 spiro atoms. The van der Waals surface area contributed by atoms with E-state index in [0.29, 0.717) is 23.2 Å². The molecule has 1 aliphatic rings. The lowest BCUT2D eigenvalue weighted by molar-refractivity contribution is 0.0939. The molecule has 1 heterocycles. The van der Waals surface area contributed by atoms with Crippen LogP contribution in [0, 0.1) is 6.92 Å². The second kappa shape index (κ2) is 9.82. The smallest absolute Gasteiger partial charge is 0.255 e. The number of carbonyl (C=O) groups excluding carboxylic acids is 1. The Kier molecular flexibility index (Phi) is 7.20. The first kappa shape index (κ1) is 20.5. The van der Waals surface area contributed by atoms with Crippen LogP contribution < -0.4 is 15.4 Å². The molecule has 2 aromatic rings. The van der Waals surface area contributed by atoms with Crippen LogP contribution >= 0.6 is 11.8 Å². The Bertz CT molecular complexity index is 812. The molecule has 2 atom stereocenters. The van der Waals surface area contributed by atoms with E-state index in [1.54, 1.807) is 13.3 Å². The zero-order valence-electron chi connectivity index (χ0n) is 16.8. The lowest BCUT2D eigenvalue weighted by Gasteiger charge is -2.20. The minimum atomic E-state index is -0.0400. The van der Waals surface area contributed by atoms with Gasteiger partial charge in [-0.3, -0.25) is 4.79 Å². The maximum Gasteiger partial charge on any atom is 0.255 e. The largest absolute Gasteiger partial charge is 0.496 e. The van der Waals surface area contributed by atoms with Gasteiger partial charge in [0.1, 0.15) is 11.6 Å². The minimum Gasteiger partial charge on any atom is -0.496 e. The topological polar surface area (TPSA) is 63.2 Å². The molecule has 3 rings (SSSR count). The van der Waals surface area contributed by atoms with E-state index in [1.807, 2.05) is 36.9 Å². The van der Waals surface area contributed by atoms with Crippen molar-refractivity contribution in [2.75, 3.05) is 25.2 Å². The maximum atomic E-state index is 12.8. The van der Waals surface area contributed by atoms with Crippen molar-refractivity contribution < 1.29 is 9.53 Å². The Hall–Kier alpha value is -2.21. The van der Waals surface area contributed by atoms with E-state index < -0.39 is 0 Å². The number of hydrogen-bond donors (Lipinski definition) is 2. The van der Waals surface area contributed by atoms with Crippen LogP contribution in [0.1, 0.15) is 40.7 Å². The average Bonchev–Trinajstić information content (AvgIpc) is 3.15. The Balaban J connectivity index is 1.60. The summed E-state index contributed by atoms with van der Waals surface area (Å²) in [7, 11) is 1.68. The van der Waals surface area contributed by atoms with Gasteiger partial charge in [-0.2, -0.15) is 11.8 Å². The highest BCUT2D eigenvalue weighted by Crippen LogP contribution is 2.28. The molecule has 0 radical (unpaired) electrons. The van der Waals surface area contributed by atoms with Gasteiger partial charge >= 0.3 is 0 Å². The van der Waals surface area contributed by atoms with Gasteiger partial charge in [0.25, 0.3) is 5.91 Å². The lowest BCUT2D eigenvalue weighted by Crippen LogP contribution is -2.39. The van der Waals surface area contributed by atoms with Crippen LogP contribution in [0.2, 0.25) is 0 Å². The van der Waals surface area contributed by atoms with Gasteiger partial charge in [-0.1, -0.05) is 18.6 Å². The fourth-order valence-electron chi connectivity index (χ4n) is 3.77. The average molecular weight is 400 g/mol. The zero-order valence-corrected chi connectivity index (χ0v) is 17.6. The first-order valence-corrected chi connectivity index (χ1v) is 11.1. The number of aryl methyl sites for hydroxylation is 1. The summed E-state index contributed by atoms with van der Waals surface area (Å²) in [6, 6.07) is 10.1. The van der Waals surface area contributed by atoms with Crippen molar-refractivity contribution in [3.8, 4) is 5.75 Å². The Morgan fingerprint density at radius 1 is 1.32 bits per heavy atom. The number of pyridine rings is 1. The fourth-order valence-corrected chi connectivity index (χ4v) is 4.71. The van der Waals surface area contributed by atoms with E-state index in [9.17, 15) is 4.79 Å². The van der Waals surface area contributed by atoms with E-state index in [1.165, 1.54) is 18.4 Å². The zero-order chi connectivity index (χ0) is 19.9.